The minimum Gasteiger partial charge on any atom is -0.358 e. The van der Waals surface area contributed by atoms with E-state index in [1.807, 2.05) is 0 Å². The van der Waals surface area contributed by atoms with Crippen molar-refractivity contribution >= 4 is 0 Å². The van der Waals surface area contributed by atoms with E-state index in [9.17, 15) is 0 Å². The Morgan fingerprint density at radius 3 is 1.00 bits per heavy atom. The van der Waals surface area contributed by atoms with Gasteiger partial charge in [-0.2, -0.15) is 0 Å². The summed E-state index contributed by atoms with van der Waals surface area (Å²) in [6, 6.07) is 0. The zero-order valence-corrected chi connectivity index (χ0v) is 7.26. The standard InChI is InChI=1S/3CH3.NO3.Pt/c;;;2-1(3)4;/h3*1H3;;/q4*-1;. The van der Waals surface area contributed by atoms with E-state index < -0.39 is 5.09 Å². The third-order valence-corrected chi connectivity index (χ3v) is 0. The molecule has 5 heteroatoms. The van der Waals surface area contributed by atoms with Gasteiger partial charge >= 0.3 is 0 Å². The topological polar surface area (TPSA) is 66.2 Å². The Bertz CT molecular complexity index is 37.5. The van der Waals surface area contributed by atoms with Crippen molar-refractivity contribution in [2.45, 2.75) is 0 Å². The van der Waals surface area contributed by atoms with Gasteiger partial charge < -0.3 is 37.6 Å². The predicted octanol–water partition coefficient (Wildman–Crippen LogP) is 1.11. The van der Waals surface area contributed by atoms with Gasteiger partial charge in [0.2, 0.25) is 0 Å². The molecule has 0 aliphatic carbocycles. The number of hydrogen-bond acceptors (Lipinski definition) is 3. The molecule has 0 amide bonds. The Labute approximate surface area is 64.3 Å². The molecule has 0 saturated carbocycles. The number of nitrogens with zero attached hydrogens (tertiary/aromatic N) is 1. The second kappa shape index (κ2) is 28.6. The van der Waals surface area contributed by atoms with Crippen molar-refractivity contribution in [1.29, 1.82) is 0 Å². The van der Waals surface area contributed by atoms with Crippen molar-refractivity contribution in [1.82, 2.24) is 0 Å². The van der Waals surface area contributed by atoms with Crippen LogP contribution < -0.4 is 0 Å². The first-order valence-corrected chi connectivity index (χ1v) is 0.548. The molecule has 0 heterocycles. The van der Waals surface area contributed by atoms with Gasteiger partial charge in [-0.1, -0.05) is 0 Å². The van der Waals surface area contributed by atoms with Crippen molar-refractivity contribution in [3.63, 3.8) is 0 Å². The van der Waals surface area contributed by atoms with Crippen LogP contribution in [0.15, 0.2) is 0 Å². The molecule has 0 N–H and O–H groups in total. The van der Waals surface area contributed by atoms with Gasteiger partial charge in [0.15, 0.2) is 0 Å². The first kappa shape index (κ1) is 44.9. The van der Waals surface area contributed by atoms with E-state index in [2.05, 4.69) is 0 Å². The maximum absolute atomic E-state index is 8.25. The van der Waals surface area contributed by atoms with Crippen LogP contribution in [0, 0.1) is 37.6 Å². The van der Waals surface area contributed by atoms with Crippen LogP contribution in [0.1, 0.15) is 0 Å². The van der Waals surface area contributed by atoms with Crippen LogP contribution in [0.4, 0.5) is 0 Å². The maximum atomic E-state index is 8.25. The Balaban J connectivity index is -0.00000000750. The SMILES string of the molecule is O=[N+]([O-])[O-].[CH3-].[CH3-].[CH3-].[Pt]. The average Bonchev–Trinajstić information content (AvgIpc) is 0.811. The summed E-state index contributed by atoms with van der Waals surface area (Å²) in [5.74, 6) is 0. The van der Waals surface area contributed by atoms with E-state index in [4.69, 9.17) is 15.3 Å². The molecule has 0 aliphatic heterocycles. The molecule has 0 rings (SSSR count). The fourth-order valence-corrected chi connectivity index (χ4v) is 0. The molecule has 4 nitrogen and oxygen atoms in total. The molecule has 8 heavy (non-hydrogen) atoms. The van der Waals surface area contributed by atoms with Gasteiger partial charge in [-0.05, 0) is 0 Å². The number of hydrogen-bond donors (Lipinski definition) is 0. The van der Waals surface area contributed by atoms with E-state index in [0.717, 1.165) is 0 Å². The summed E-state index contributed by atoms with van der Waals surface area (Å²) in [6.45, 7) is 0. The number of rotatable bonds is 0. The molecule has 0 fully saturated rings. The summed E-state index contributed by atoms with van der Waals surface area (Å²) in [5.41, 5.74) is 0. The summed E-state index contributed by atoms with van der Waals surface area (Å²) in [6.07, 6.45) is 0. The molecule has 0 saturated heterocycles. The van der Waals surface area contributed by atoms with Gasteiger partial charge in [-0.3, -0.25) is 0 Å². The fraction of sp³-hybridized carbons (Fsp3) is 0. The van der Waals surface area contributed by atoms with E-state index in [0.29, 0.717) is 0 Å². The van der Waals surface area contributed by atoms with Crippen LogP contribution in [-0.4, -0.2) is 5.09 Å². The van der Waals surface area contributed by atoms with Crippen molar-refractivity contribution in [3.8, 4) is 0 Å². The van der Waals surface area contributed by atoms with E-state index >= 15 is 0 Å². The molecule has 0 aromatic rings. The quantitative estimate of drug-likeness (QED) is 0.382. The van der Waals surface area contributed by atoms with Gasteiger partial charge in [-0.15, -0.1) is 0 Å². The molecule has 0 spiro atoms. The Morgan fingerprint density at radius 2 is 1.00 bits per heavy atom. The van der Waals surface area contributed by atoms with Gasteiger partial charge in [0.25, 0.3) is 0 Å². The smallest absolute Gasteiger partial charge is 0.0689 e. The van der Waals surface area contributed by atoms with Gasteiger partial charge in [0.05, 0.1) is 5.09 Å². The molecular weight excluding hydrogens is 293 g/mol. The largest absolute Gasteiger partial charge is 0.358 e. The first-order valence-electron chi connectivity index (χ1n) is 0.548. The zero-order chi connectivity index (χ0) is 3.58. The van der Waals surface area contributed by atoms with Crippen LogP contribution in [0.25, 0.3) is 0 Å². The van der Waals surface area contributed by atoms with E-state index in [1.165, 1.54) is 0 Å². The third kappa shape index (κ3) is 11300. The van der Waals surface area contributed by atoms with Crippen LogP contribution in [-0.2, 0) is 21.1 Å². The van der Waals surface area contributed by atoms with Crippen molar-refractivity contribution < 1.29 is 26.2 Å². The molecule has 0 radical (unpaired) electrons. The summed E-state index contributed by atoms with van der Waals surface area (Å²) < 4.78 is 0. The minimum atomic E-state index is -1.75. The molecular formula is C3H9NO3Pt-4. The van der Waals surface area contributed by atoms with E-state index in [1.54, 1.807) is 0 Å². The Hall–Kier alpha value is -0.112. The Morgan fingerprint density at radius 1 is 1.00 bits per heavy atom. The van der Waals surface area contributed by atoms with Crippen LogP contribution in [0.5, 0.6) is 0 Å². The predicted molar refractivity (Wildman–Crippen MR) is 29.6 cm³/mol. The van der Waals surface area contributed by atoms with Crippen LogP contribution >= 0.6 is 0 Å². The average molecular weight is 302 g/mol. The summed E-state index contributed by atoms with van der Waals surface area (Å²) in [7, 11) is 0. The molecule has 0 unspecified atom stereocenters. The first-order chi connectivity index (χ1) is 1.73. The molecule has 58 valence electrons. The van der Waals surface area contributed by atoms with Gasteiger partial charge in [0, 0.05) is 21.1 Å². The molecule has 0 aromatic carbocycles. The molecule has 0 bridgehead atoms. The van der Waals surface area contributed by atoms with Crippen molar-refractivity contribution in [2.75, 3.05) is 0 Å². The van der Waals surface area contributed by atoms with Crippen molar-refractivity contribution in [3.05, 3.63) is 37.6 Å². The summed E-state index contributed by atoms with van der Waals surface area (Å²) in [4.78, 5) is 8.25. The summed E-state index contributed by atoms with van der Waals surface area (Å²) in [5, 5.41) is 14.8. The Kier molecular flexibility index (Phi) is 161. The van der Waals surface area contributed by atoms with Crippen LogP contribution in [0.2, 0.25) is 0 Å². The zero-order valence-electron chi connectivity index (χ0n) is 4.99. The monoisotopic (exact) mass is 302 g/mol. The second-order valence-corrected chi connectivity index (χ2v) is 0.224. The van der Waals surface area contributed by atoms with Crippen molar-refractivity contribution in [2.24, 2.45) is 0 Å². The van der Waals surface area contributed by atoms with Gasteiger partial charge in [-0.25, -0.2) is 0 Å². The van der Waals surface area contributed by atoms with Crippen LogP contribution in [0.3, 0.4) is 0 Å². The van der Waals surface area contributed by atoms with E-state index in [-0.39, 0.29) is 43.3 Å². The minimum absolute atomic E-state index is 0. The normalized spacial score (nSPS) is 3.00. The fourth-order valence-electron chi connectivity index (χ4n) is 0. The molecule has 0 aromatic heterocycles. The maximum Gasteiger partial charge on any atom is 0.0689 e. The molecule has 0 atom stereocenters. The summed E-state index contributed by atoms with van der Waals surface area (Å²) >= 11 is 0. The molecule has 0 aliphatic rings. The van der Waals surface area contributed by atoms with Gasteiger partial charge in [0.1, 0.15) is 0 Å². The third-order valence-electron chi connectivity index (χ3n) is 0. The second-order valence-electron chi connectivity index (χ2n) is 0.224.